The van der Waals surface area contributed by atoms with Gasteiger partial charge in [-0.25, -0.2) is 4.79 Å². The number of urea groups is 1. The molecule has 0 aliphatic carbocycles. The summed E-state index contributed by atoms with van der Waals surface area (Å²) in [5.41, 5.74) is 2.60. The average Bonchev–Trinajstić information content (AvgIpc) is 2.54. The Labute approximate surface area is 137 Å². The molecule has 1 atom stereocenters. The Hall–Kier alpha value is -1.92. The second-order valence-electron chi connectivity index (χ2n) is 6.05. The molecular formula is C17H26N4O2. The van der Waals surface area contributed by atoms with E-state index in [2.05, 4.69) is 51.6 Å². The smallest absolute Gasteiger partial charge is 0.321 e. The average molecular weight is 318 g/mol. The van der Waals surface area contributed by atoms with Crippen LogP contribution >= 0.6 is 0 Å². The van der Waals surface area contributed by atoms with Crippen LogP contribution in [-0.2, 0) is 11.3 Å². The SMILES string of the molecule is CNC(=O)NC(=O)[C@@H](C)N1CCN(Cc2cccc(C)c2)CC1. The maximum atomic E-state index is 12.0. The van der Waals surface area contributed by atoms with Crippen molar-refractivity contribution in [2.45, 2.75) is 26.4 Å². The number of carbonyl (C=O) groups is 2. The molecule has 0 radical (unpaired) electrons. The molecule has 0 saturated carbocycles. The lowest BCUT2D eigenvalue weighted by atomic mass is 10.1. The molecule has 6 nitrogen and oxygen atoms in total. The van der Waals surface area contributed by atoms with Gasteiger partial charge >= 0.3 is 6.03 Å². The van der Waals surface area contributed by atoms with Crippen LogP contribution in [0.4, 0.5) is 4.79 Å². The highest BCUT2D eigenvalue weighted by Crippen LogP contribution is 2.12. The number of hydrogen-bond acceptors (Lipinski definition) is 4. The van der Waals surface area contributed by atoms with Gasteiger partial charge in [-0.3, -0.25) is 19.9 Å². The van der Waals surface area contributed by atoms with Gasteiger partial charge in [0, 0.05) is 39.8 Å². The molecule has 0 aromatic heterocycles. The summed E-state index contributed by atoms with van der Waals surface area (Å²) in [5.74, 6) is -0.253. The number of aryl methyl sites for hydroxylation is 1. The van der Waals surface area contributed by atoms with Crippen LogP contribution < -0.4 is 10.6 Å². The summed E-state index contributed by atoms with van der Waals surface area (Å²) < 4.78 is 0. The van der Waals surface area contributed by atoms with E-state index < -0.39 is 6.03 Å². The van der Waals surface area contributed by atoms with Gasteiger partial charge in [0.1, 0.15) is 0 Å². The zero-order chi connectivity index (χ0) is 16.8. The lowest BCUT2D eigenvalue weighted by molar-refractivity contribution is -0.125. The van der Waals surface area contributed by atoms with Crippen molar-refractivity contribution >= 4 is 11.9 Å². The summed E-state index contributed by atoms with van der Waals surface area (Å²) >= 11 is 0. The van der Waals surface area contributed by atoms with E-state index in [0.717, 1.165) is 32.7 Å². The van der Waals surface area contributed by atoms with E-state index in [4.69, 9.17) is 0 Å². The van der Waals surface area contributed by atoms with Crippen molar-refractivity contribution < 1.29 is 9.59 Å². The minimum Gasteiger partial charge on any atom is -0.341 e. The first-order valence-electron chi connectivity index (χ1n) is 8.04. The number of benzene rings is 1. The summed E-state index contributed by atoms with van der Waals surface area (Å²) in [6.45, 7) is 8.39. The molecule has 23 heavy (non-hydrogen) atoms. The fourth-order valence-corrected chi connectivity index (χ4v) is 2.82. The molecule has 0 bridgehead atoms. The van der Waals surface area contributed by atoms with Crippen molar-refractivity contribution in [3.8, 4) is 0 Å². The molecule has 1 aliphatic heterocycles. The Bertz CT molecular complexity index is 553. The number of carbonyl (C=O) groups excluding carboxylic acids is 2. The number of amides is 3. The first kappa shape index (κ1) is 17.4. The van der Waals surface area contributed by atoms with Gasteiger partial charge in [0.25, 0.3) is 0 Å². The first-order valence-corrected chi connectivity index (χ1v) is 8.04. The van der Waals surface area contributed by atoms with E-state index >= 15 is 0 Å². The normalized spacial score (nSPS) is 17.5. The van der Waals surface area contributed by atoms with E-state index in [1.54, 1.807) is 0 Å². The standard InChI is InChI=1S/C17H26N4O2/c1-13-5-4-6-15(11-13)12-20-7-9-21(10-8-20)14(2)16(22)19-17(23)18-3/h4-6,11,14H,7-10,12H2,1-3H3,(H2,18,19,22,23)/t14-/m1/s1. The molecule has 1 fully saturated rings. The summed E-state index contributed by atoms with van der Waals surface area (Å²) in [7, 11) is 1.50. The van der Waals surface area contributed by atoms with E-state index in [-0.39, 0.29) is 11.9 Å². The van der Waals surface area contributed by atoms with E-state index in [0.29, 0.717) is 0 Å². The van der Waals surface area contributed by atoms with Crippen LogP contribution in [0.15, 0.2) is 24.3 Å². The third-order valence-corrected chi connectivity index (χ3v) is 4.29. The molecule has 1 aromatic rings. The Balaban J connectivity index is 1.81. The highest BCUT2D eigenvalue weighted by molar-refractivity contribution is 5.96. The lowest BCUT2D eigenvalue weighted by Crippen LogP contribution is -2.55. The maximum Gasteiger partial charge on any atom is 0.321 e. The van der Waals surface area contributed by atoms with E-state index in [9.17, 15) is 9.59 Å². The summed E-state index contributed by atoms with van der Waals surface area (Å²) in [4.78, 5) is 27.7. The number of nitrogens with one attached hydrogen (secondary N) is 2. The van der Waals surface area contributed by atoms with Crippen molar-refractivity contribution in [1.29, 1.82) is 0 Å². The van der Waals surface area contributed by atoms with Crippen LogP contribution in [0.3, 0.4) is 0 Å². The van der Waals surface area contributed by atoms with Crippen molar-refractivity contribution in [2.24, 2.45) is 0 Å². The highest BCUT2D eigenvalue weighted by atomic mass is 16.2. The highest BCUT2D eigenvalue weighted by Gasteiger charge is 2.26. The molecule has 0 unspecified atom stereocenters. The Kier molecular flexibility index (Phi) is 6.12. The molecule has 6 heteroatoms. The molecule has 2 rings (SSSR count). The number of piperazine rings is 1. The van der Waals surface area contributed by atoms with Crippen LogP contribution in [-0.4, -0.2) is 61.0 Å². The van der Waals surface area contributed by atoms with Gasteiger partial charge in [-0.2, -0.15) is 0 Å². The van der Waals surface area contributed by atoms with E-state index in [1.807, 2.05) is 6.92 Å². The quantitative estimate of drug-likeness (QED) is 0.868. The van der Waals surface area contributed by atoms with Gasteiger partial charge in [-0.05, 0) is 19.4 Å². The largest absolute Gasteiger partial charge is 0.341 e. The fourth-order valence-electron chi connectivity index (χ4n) is 2.82. The van der Waals surface area contributed by atoms with Gasteiger partial charge < -0.3 is 5.32 Å². The van der Waals surface area contributed by atoms with Gasteiger partial charge in [0.05, 0.1) is 6.04 Å². The van der Waals surface area contributed by atoms with Crippen molar-refractivity contribution in [2.75, 3.05) is 33.2 Å². The minimum atomic E-state index is -0.458. The number of rotatable bonds is 4. The molecule has 1 aromatic carbocycles. The summed E-state index contributed by atoms with van der Waals surface area (Å²) in [6.07, 6.45) is 0. The predicted octanol–water partition coefficient (Wildman–Crippen LogP) is 0.957. The second kappa shape index (κ2) is 8.08. The zero-order valence-corrected chi connectivity index (χ0v) is 14.1. The van der Waals surface area contributed by atoms with Crippen LogP contribution in [0.5, 0.6) is 0 Å². The van der Waals surface area contributed by atoms with Crippen LogP contribution in [0.25, 0.3) is 0 Å². The third-order valence-electron chi connectivity index (χ3n) is 4.29. The number of imide groups is 1. The van der Waals surface area contributed by atoms with Gasteiger partial charge in [0.15, 0.2) is 0 Å². The predicted molar refractivity (Wildman–Crippen MR) is 90.1 cm³/mol. The van der Waals surface area contributed by atoms with Gasteiger partial charge in [-0.1, -0.05) is 29.8 Å². The Morgan fingerprint density at radius 2 is 1.91 bits per heavy atom. The topological polar surface area (TPSA) is 64.7 Å². The zero-order valence-electron chi connectivity index (χ0n) is 14.1. The number of nitrogens with zero attached hydrogens (tertiary/aromatic N) is 2. The summed E-state index contributed by atoms with van der Waals surface area (Å²) in [6, 6.07) is 7.80. The Morgan fingerprint density at radius 3 is 2.52 bits per heavy atom. The maximum absolute atomic E-state index is 12.0. The van der Waals surface area contributed by atoms with E-state index in [1.165, 1.54) is 18.2 Å². The molecule has 3 amide bonds. The third kappa shape index (κ3) is 5.04. The van der Waals surface area contributed by atoms with Crippen molar-refractivity contribution in [1.82, 2.24) is 20.4 Å². The molecular weight excluding hydrogens is 292 g/mol. The Morgan fingerprint density at radius 1 is 1.22 bits per heavy atom. The molecule has 1 saturated heterocycles. The summed E-state index contributed by atoms with van der Waals surface area (Å²) in [5, 5.41) is 4.73. The van der Waals surface area contributed by atoms with Crippen LogP contribution in [0.2, 0.25) is 0 Å². The van der Waals surface area contributed by atoms with Crippen molar-refractivity contribution in [3.63, 3.8) is 0 Å². The molecule has 2 N–H and O–H groups in total. The molecule has 126 valence electrons. The molecule has 1 heterocycles. The van der Waals surface area contributed by atoms with Gasteiger partial charge in [-0.15, -0.1) is 0 Å². The van der Waals surface area contributed by atoms with Gasteiger partial charge in [0.2, 0.25) is 5.91 Å². The van der Waals surface area contributed by atoms with Crippen LogP contribution in [0.1, 0.15) is 18.1 Å². The molecule has 1 aliphatic rings. The fraction of sp³-hybridized carbons (Fsp3) is 0.529. The van der Waals surface area contributed by atoms with Crippen LogP contribution in [0, 0.1) is 6.92 Å². The lowest BCUT2D eigenvalue weighted by Gasteiger charge is -2.37. The van der Waals surface area contributed by atoms with Crippen molar-refractivity contribution in [3.05, 3.63) is 35.4 Å². The first-order chi connectivity index (χ1) is 11.0. The number of hydrogen-bond donors (Lipinski definition) is 2. The second-order valence-corrected chi connectivity index (χ2v) is 6.05. The monoisotopic (exact) mass is 318 g/mol. The minimum absolute atomic E-state index is 0.253. The molecule has 0 spiro atoms.